The van der Waals surface area contributed by atoms with Gasteiger partial charge in [-0.25, -0.2) is 4.79 Å². The molecule has 0 atom stereocenters. The number of unbranched alkanes of at least 4 members (excludes halogenated alkanes) is 3. The van der Waals surface area contributed by atoms with Crippen molar-refractivity contribution in [2.45, 2.75) is 80.1 Å². The number of allylic oxidation sites excluding steroid dienone is 2. The number of carboxylic acids is 2. The second kappa shape index (κ2) is 12.8. The molecule has 0 aromatic carbocycles. The molecule has 4 nitrogen and oxygen atoms in total. The van der Waals surface area contributed by atoms with Crippen LogP contribution < -0.4 is 0 Å². The highest BCUT2D eigenvalue weighted by Gasteiger charge is 2.22. The fourth-order valence-corrected chi connectivity index (χ4v) is 1.71. The van der Waals surface area contributed by atoms with Crippen LogP contribution in [-0.4, -0.2) is 22.2 Å². The zero-order valence-electron chi connectivity index (χ0n) is 16.3. The van der Waals surface area contributed by atoms with Crippen LogP contribution in [0.1, 0.15) is 80.1 Å². The van der Waals surface area contributed by atoms with Crippen LogP contribution in [0.15, 0.2) is 24.3 Å². The van der Waals surface area contributed by atoms with Crippen LogP contribution in [0, 0.1) is 10.8 Å². The standard InChI is InChI=1S/2C10H18O2/c1-10(2,3)8-6-4-5-7-9(11)12;1-4-5-6-7-8-10(2,3)9(11)12/h5,7H,4,6,8H2,1-3H3,(H,11,12);7-8H,4-6H2,1-3H3,(H,11,12). The van der Waals surface area contributed by atoms with E-state index in [2.05, 4.69) is 27.7 Å². The molecule has 0 saturated heterocycles. The summed E-state index contributed by atoms with van der Waals surface area (Å²) in [6.45, 7) is 12.1. The molecule has 0 rings (SSSR count). The molecule has 0 spiro atoms. The van der Waals surface area contributed by atoms with Crippen LogP contribution in [0.5, 0.6) is 0 Å². The largest absolute Gasteiger partial charge is 0.481 e. The zero-order valence-corrected chi connectivity index (χ0v) is 16.3. The molecule has 0 aliphatic heterocycles. The first-order valence-corrected chi connectivity index (χ1v) is 8.73. The molecule has 0 heterocycles. The molecular formula is C20H36O4. The van der Waals surface area contributed by atoms with Crippen molar-refractivity contribution < 1.29 is 19.8 Å². The summed E-state index contributed by atoms with van der Waals surface area (Å²) in [5.41, 5.74) is -0.356. The van der Waals surface area contributed by atoms with Gasteiger partial charge in [0.15, 0.2) is 0 Å². The van der Waals surface area contributed by atoms with Crippen molar-refractivity contribution in [2.75, 3.05) is 0 Å². The van der Waals surface area contributed by atoms with Gasteiger partial charge in [-0.05, 0) is 44.9 Å². The first kappa shape index (κ1) is 24.7. The molecule has 0 unspecified atom stereocenters. The summed E-state index contributed by atoms with van der Waals surface area (Å²) >= 11 is 0. The number of hydrogen-bond acceptors (Lipinski definition) is 2. The lowest BCUT2D eigenvalue weighted by Crippen LogP contribution is -2.20. The minimum atomic E-state index is -0.856. The minimum absolute atomic E-state index is 0.358. The van der Waals surface area contributed by atoms with Gasteiger partial charge in [-0.1, -0.05) is 58.8 Å². The van der Waals surface area contributed by atoms with Gasteiger partial charge in [0.25, 0.3) is 0 Å². The fraction of sp³-hybridized carbons (Fsp3) is 0.700. The van der Waals surface area contributed by atoms with Crippen LogP contribution in [0.4, 0.5) is 0 Å². The fourth-order valence-electron chi connectivity index (χ4n) is 1.71. The SMILES string of the molecule is CC(C)(C)CCCC=CC(=O)O.CCCCC=CC(C)(C)C(=O)O. The van der Waals surface area contributed by atoms with Crippen LogP contribution in [-0.2, 0) is 9.59 Å². The van der Waals surface area contributed by atoms with E-state index in [1.165, 1.54) is 6.08 Å². The molecule has 0 aliphatic carbocycles. The third-order valence-corrected chi connectivity index (χ3v) is 3.37. The Morgan fingerprint density at radius 3 is 1.88 bits per heavy atom. The lowest BCUT2D eigenvalue weighted by Gasteiger charge is -2.16. The number of rotatable bonds is 9. The van der Waals surface area contributed by atoms with Crippen LogP contribution in [0.25, 0.3) is 0 Å². The third kappa shape index (κ3) is 18.5. The van der Waals surface area contributed by atoms with E-state index in [0.29, 0.717) is 5.41 Å². The van der Waals surface area contributed by atoms with Gasteiger partial charge >= 0.3 is 11.9 Å². The van der Waals surface area contributed by atoms with Gasteiger partial charge in [-0.15, -0.1) is 0 Å². The smallest absolute Gasteiger partial charge is 0.327 e. The average molecular weight is 341 g/mol. The number of aliphatic carboxylic acids is 2. The Morgan fingerprint density at radius 2 is 1.46 bits per heavy atom. The normalized spacial score (nSPS) is 12.2. The minimum Gasteiger partial charge on any atom is -0.481 e. The van der Waals surface area contributed by atoms with E-state index >= 15 is 0 Å². The van der Waals surface area contributed by atoms with E-state index in [0.717, 1.165) is 38.5 Å². The van der Waals surface area contributed by atoms with E-state index < -0.39 is 17.4 Å². The second-order valence-corrected chi connectivity index (χ2v) is 7.76. The van der Waals surface area contributed by atoms with Crippen molar-refractivity contribution in [3.8, 4) is 0 Å². The summed E-state index contributed by atoms with van der Waals surface area (Å²) in [7, 11) is 0. The second-order valence-electron chi connectivity index (χ2n) is 7.76. The molecule has 0 amide bonds. The maximum atomic E-state index is 10.6. The Bertz CT molecular complexity index is 412. The quantitative estimate of drug-likeness (QED) is 0.321. The summed E-state index contributed by atoms with van der Waals surface area (Å²) in [4.78, 5) is 20.7. The average Bonchev–Trinajstić information content (AvgIpc) is 2.42. The lowest BCUT2D eigenvalue weighted by molar-refractivity contribution is -0.144. The van der Waals surface area contributed by atoms with E-state index in [9.17, 15) is 9.59 Å². The van der Waals surface area contributed by atoms with Gasteiger partial charge in [0.05, 0.1) is 5.41 Å². The van der Waals surface area contributed by atoms with E-state index in [4.69, 9.17) is 10.2 Å². The van der Waals surface area contributed by atoms with Crippen molar-refractivity contribution >= 4 is 11.9 Å². The molecule has 0 saturated carbocycles. The molecule has 0 fully saturated rings. The molecule has 2 N–H and O–H groups in total. The molecule has 0 radical (unpaired) electrons. The summed E-state index contributed by atoms with van der Waals surface area (Å²) in [6.07, 6.45) is 13.0. The first-order chi connectivity index (χ1) is 10.9. The monoisotopic (exact) mass is 340 g/mol. The highest BCUT2D eigenvalue weighted by atomic mass is 16.4. The Hall–Kier alpha value is -1.58. The molecule has 24 heavy (non-hydrogen) atoms. The Balaban J connectivity index is 0. The summed E-state index contributed by atoms with van der Waals surface area (Å²) in [6, 6.07) is 0. The number of carbonyl (C=O) groups is 2. The van der Waals surface area contributed by atoms with Crippen LogP contribution in [0.2, 0.25) is 0 Å². The highest BCUT2D eigenvalue weighted by Crippen LogP contribution is 2.21. The van der Waals surface area contributed by atoms with Gasteiger partial charge in [0.2, 0.25) is 0 Å². The maximum Gasteiger partial charge on any atom is 0.327 e. The number of carboxylic acid groups (broad SMARTS) is 2. The predicted molar refractivity (Wildman–Crippen MR) is 100 cm³/mol. The van der Waals surface area contributed by atoms with Crippen LogP contribution >= 0.6 is 0 Å². The maximum absolute atomic E-state index is 10.6. The topological polar surface area (TPSA) is 74.6 Å². The molecule has 0 aromatic heterocycles. The Morgan fingerprint density at radius 1 is 0.917 bits per heavy atom. The Labute approximate surface area is 147 Å². The molecule has 0 bridgehead atoms. The molecule has 0 aliphatic rings. The van der Waals surface area contributed by atoms with Gasteiger partial charge in [-0.3, -0.25) is 4.79 Å². The highest BCUT2D eigenvalue weighted by molar-refractivity contribution is 5.79. The summed E-state index contributed by atoms with van der Waals surface area (Å²) in [5.74, 6) is -1.62. The van der Waals surface area contributed by atoms with Gasteiger partial charge in [0.1, 0.15) is 0 Å². The van der Waals surface area contributed by atoms with Gasteiger partial charge in [-0.2, -0.15) is 0 Å². The third-order valence-electron chi connectivity index (χ3n) is 3.37. The van der Waals surface area contributed by atoms with E-state index in [1.807, 2.05) is 6.08 Å². The van der Waals surface area contributed by atoms with E-state index in [1.54, 1.807) is 26.0 Å². The summed E-state index contributed by atoms with van der Waals surface area (Å²) < 4.78 is 0. The van der Waals surface area contributed by atoms with Crippen molar-refractivity contribution in [3.63, 3.8) is 0 Å². The summed E-state index contributed by atoms with van der Waals surface area (Å²) in [5, 5.41) is 17.0. The zero-order chi connectivity index (χ0) is 19.2. The van der Waals surface area contributed by atoms with Gasteiger partial charge < -0.3 is 10.2 Å². The lowest BCUT2D eigenvalue weighted by atomic mass is 9.90. The molecule has 0 aromatic rings. The van der Waals surface area contributed by atoms with Crippen molar-refractivity contribution in [1.82, 2.24) is 0 Å². The van der Waals surface area contributed by atoms with Gasteiger partial charge in [0, 0.05) is 6.08 Å². The van der Waals surface area contributed by atoms with E-state index in [-0.39, 0.29) is 0 Å². The van der Waals surface area contributed by atoms with Crippen molar-refractivity contribution in [1.29, 1.82) is 0 Å². The predicted octanol–water partition coefficient (Wildman–Crippen LogP) is 5.69. The van der Waals surface area contributed by atoms with Crippen LogP contribution in [0.3, 0.4) is 0 Å². The molecule has 140 valence electrons. The first-order valence-electron chi connectivity index (χ1n) is 8.73. The molecular weight excluding hydrogens is 304 g/mol. The van der Waals surface area contributed by atoms with Crippen molar-refractivity contribution in [2.24, 2.45) is 10.8 Å². The van der Waals surface area contributed by atoms with Crippen molar-refractivity contribution in [3.05, 3.63) is 24.3 Å². The Kier molecular flexibility index (Phi) is 13.2. The molecule has 4 heteroatoms. The number of hydrogen-bond donors (Lipinski definition) is 2.